The summed E-state index contributed by atoms with van der Waals surface area (Å²) in [6.45, 7) is 4.68. The first-order chi connectivity index (χ1) is 14.4. The summed E-state index contributed by atoms with van der Waals surface area (Å²) in [6.07, 6.45) is 0.116. The minimum absolute atomic E-state index is 0.0880. The van der Waals surface area contributed by atoms with Crippen LogP contribution in [0.1, 0.15) is 41.4 Å². The van der Waals surface area contributed by atoms with Crippen LogP contribution in [0.5, 0.6) is 11.5 Å². The number of nitrogens with one attached hydrogen (secondary N) is 1. The first kappa shape index (κ1) is 19.9. The van der Waals surface area contributed by atoms with Gasteiger partial charge in [0.1, 0.15) is 19.8 Å². The minimum atomic E-state index is -0.433. The van der Waals surface area contributed by atoms with Crippen molar-refractivity contribution in [2.45, 2.75) is 26.3 Å². The van der Waals surface area contributed by atoms with Gasteiger partial charge in [0, 0.05) is 5.56 Å². The van der Waals surface area contributed by atoms with Crippen LogP contribution < -0.4 is 14.8 Å². The third-order valence-electron chi connectivity index (χ3n) is 5.35. The van der Waals surface area contributed by atoms with E-state index in [0.717, 1.165) is 10.5 Å². The lowest BCUT2D eigenvalue weighted by molar-refractivity contribution is -0.133. The van der Waals surface area contributed by atoms with E-state index < -0.39 is 5.91 Å². The average Bonchev–Trinajstić information content (AvgIpc) is 2.74. The number of carbonyl (C=O) groups is 3. The normalized spacial score (nSPS) is 16.3. The minimum Gasteiger partial charge on any atom is -0.486 e. The number of ether oxygens (including phenoxy) is 2. The van der Waals surface area contributed by atoms with Gasteiger partial charge in [0.25, 0.3) is 5.91 Å². The van der Waals surface area contributed by atoms with Crippen molar-refractivity contribution in [3.05, 3.63) is 59.2 Å². The Hall–Kier alpha value is -3.35. The van der Waals surface area contributed by atoms with Gasteiger partial charge in [-0.25, -0.2) is 0 Å². The molecule has 4 rings (SSSR count). The molecule has 2 aromatic carbocycles. The zero-order valence-electron chi connectivity index (χ0n) is 17.0. The van der Waals surface area contributed by atoms with Gasteiger partial charge < -0.3 is 14.8 Å². The van der Waals surface area contributed by atoms with Crippen LogP contribution >= 0.6 is 0 Å². The lowest BCUT2D eigenvalue weighted by Gasteiger charge is -2.29. The van der Waals surface area contributed by atoms with Crippen LogP contribution in [-0.2, 0) is 16.0 Å². The van der Waals surface area contributed by atoms with Crippen LogP contribution in [0.3, 0.4) is 0 Å². The van der Waals surface area contributed by atoms with Crippen LogP contribution in [0, 0.1) is 5.92 Å². The predicted molar refractivity (Wildman–Crippen MR) is 109 cm³/mol. The molecule has 2 aliphatic heterocycles. The summed E-state index contributed by atoms with van der Waals surface area (Å²) < 4.78 is 11.2. The van der Waals surface area contributed by atoms with Crippen LogP contribution in [0.4, 0.5) is 0 Å². The fourth-order valence-electron chi connectivity index (χ4n) is 3.81. The maximum absolute atomic E-state index is 12.8. The van der Waals surface area contributed by atoms with Crippen molar-refractivity contribution in [3.8, 4) is 11.5 Å². The van der Waals surface area contributed by atoms with Gasteiger partial charge in [-0.3, -0.25) is 19.3 Å². The van der Waals surface area contributed by atoms with Crippen LogP contribution in [-0.4, -0.2) is 42.4 Å². The summed E-state index contributed by atoms with van der Waals surface area (Å²) in [6, 6.07) is 12.3. The highest BCUT2D eigenvalue weighted by molar-refractivity contribution is 6.11. The van der Waals surface area contributed by atoms with Crippen molar-refractivity contribution >= 4 is 17.7 Å². The first-order valence-electron chi connectivity index (χ1n) is 10.1. The molecule has 0 unspecified atom stereocenters. The Labute approximate surface area is 175 Å². The first-order valence-corrected chi connectivity index (χ1v) is 10.1. The van der Waals surface area contributed by atoms with E-state index >= 15 is 0 Å². The van der Waals surface area contributed by atoms with Gasteiger partial charge in [0.05, 0.1) is 12.5 Å². The summed E-state index contributed by atoms with van der Waals surface area (Å²) in [7, 11) is 0. The Morgan fingerprint density at radius 2 is 1.80 bits per heavy atom. The van der Waals surface area contributed by atoms with Gasteiger partial charge in [-0.2, -0.15) is 0 Å². The molecule has 1 N–H and O–H groups in total. The van der Waals surface area contributed by atoms with Gasteiger partial charge in [-0.05, 0) is 35.2 Å². The zero-order valence-corrected chi connectivity index (χ0v) is 17.0. The van der Waals surface area contributed by atoms with E-state index in [-0.39, 0.29) is 36.7 Å². The van der Waals surface area contributed by atoms with Gasteiger partial charge >= 0.3 is 0 Å². The van der Waals surface area contributed by atoms with E-state index in [1.54, 1.807) is 24.3 Å². The average molecular weight is 408 g/mol. The fourth-order valence-corrected chi connectivity index (χ4v) is 3.81. The van der Waals surface area contributed by atoms with E-state index in [4.69, 9.17) is 9.47 Å². The van der Waals surface area contributed by atoms with Gasteiger partial charge in [0.2, 0.25) is 11.8 Å². The van der Waals surface area contributed by atoms with E-state index in [1.807, 2.05) is 32.0 Å². The summed E-state index contributed by atoms with van der Waals surface area (Å²) in [5, 5.41) is 2.97. The number of amides is 3. The van der Waals surface area contributed by atoms with Crippen molar-refractivity contribution in [1.29, 1.82) is 0 Å². The third kappa shape index (κ3) is 3.87. The van der Waals surface area contributed by atoms with Crippen molar-refractivity contribution < 1.29 is 23.9 Å². The molecule has 30 heavy (non-hydrogen) atoms. The molecule has 2 heterocycles. The van der Waals surface area contributed by atoms with Crippen molar-refractivity contribution in [2.24, 2.45) is 5.92 Å². The quantitative estimate of drug-likeness (QED) is 0.769. The lowest BCUT2D eigenvalue weighted by Crippen LogP contribution is -2.48. The molecular weight excluding hydrogens is 384 g/mol. The Bertz CT molecular complexity index is 1000. The maximum atomic E-state index is 12.8. The summed E-state index contributed by atoms with van der Waals surface area (Å²) in [5.41, 5.74) is 2.04. The summed E-state index contributed by atoms with van der Waals surface area (Å²) >= 11 is 0. The number of benzene rings is 2. The molecule has 3 amide bonds. The van der Waals surface area contributed by atoms with E-state index in [2.05, 4.69) is 5.32 Å². The number of fused-ring (bicyclic) bond motifs is 2. The van der Waals surface area contributed by atoms with Gasteiger partial charge in [-0.1, -0.05) is 38.1 Å². The molecule has 0 fully saturated rings. The highest BCUT2D eigenvalue weighted by Gasteiger charge is 2.32. The van der Waals surface area contributed by atoms with Gasteiger partial charge in [0.15, 0.2) is 11.5 Å². The Morgan fingerprint density at radius 1 is 1.07 bits per heavy atom. The maximum Gasteiger partial charge on any atom is 0.261 e. The zero-order chi connectivity index (χ0) is 21.3. The largest absolute Gasteiger partial charge is 0.486 e. The number of nitrogens with zero attached hydrogens (tertiary/aromatic N) is 1. The molecule has 0 aliphatic carbocycles. The van der Waals surface area contributed by atoms with Crippen LogP contribution in [0.2, 0.25) is 0 Å². The number of hydrogen-bond acceptors (Lipinski definition) is 5. The molecule has 0 aromatic heterocycles. The standard InChI is InChI=1S/C23H24N2O5/c1-14(2)22(16-7-8-18-19(11-16)30-10-9-29-18)24-20(26)13-25-21(27)12-15-5-3-4-6-17(15)23(25)28/h3-8,11,14,22H,9-10,12-13H2,1-2H3,(H,24,26)/t22-/m1/s1. The molecule has 156 valence electrons. The highest BCUT2D eigenvalue weighted by Crippen LogP contribution is 2.34. The second kappa shape index (κ2) is 8.18. The van der Waals surface area contributed by atoms with E-state index in [0.29, 0.717) is 35.8 Å². The summed E-state index contributed by atoms with van der Waals surface area (Å²) in [5.74, 6) is 0.236. The molecule has 7 heteroatoms. The predicted octanol–water partition coefficient (Wildman–Crippen LogP) is 2.50. The van der Waals surface area contributed by atoms with Crippen molar-refractivity contribution in [3.63, 3.8) is 0 Å². The Balaban J connectivity index is 1.49. The number of rotatable bonds is 5. The second-order valence-corrected chi connectivity index (χ2v) is 7.81. The molecule has 0 bridgehead atoms. The number of imide groups is 1. The smallest absolute Gasteiger partial charge is 0.261 e. The molecule has 2 aromatic rings. The SMILES string of the molecule is CC(C)[C@@H](NC(=O)CN1C(=O)Cc2ccccc2C1=O)c1ccc2c(c1)OCCO2. The van der Waals surface area contributed by atoms with Gasteiger partial charge in [-0.15, -0.1) is 0 Å². The topological polar surface area (TPSA) is 84.9 Å². The van der Waals surface area contributed by atoms with Crippen molar-refractivity contribution in [2.75, 3.05) is 19.8 Å². The van der Waals surface area contributed by atoms with E-state index in [1.165, 1.54) is 0 Å². The molecule has 1 atom stereocenters. The molecule has 0 saturated carbocycles. The molecule has 0 saturated heterocycles. The number of hydrogen-bond donors (Lipinski definition) is 1. The highest BCUT2D eigenvalue weighted by atomic mass is 16.6. The molecule has 7 nitrogen and oxygen atoms in total. The molecule has 0 radical (unpaired) electrons. The lowest BCUT2D eigenvalue weighted by atomic mass is 9.95. The Kier molecular flexibility index (Phi) is 5.44. The molecular formula is C23H24N2O5. The van der Waals surface area contributed by atoms with Crippen LogP contribution in [0.15, 0.2) is 42.5 Å². The summed E-state index contributed by atoms with van der Waals surface area (Å²) in [4.78, 5) is 39.0. The van der Waals surface area contributed by atoms with Crippen molar-refractivity contribution in [1.82, 2.24) is 10.2 Å². The number of carbonyl (C=O) groups excluding carboxylic acids is 3. The molecule has 0 spiro atoms. The third-order valence-corrected chi connectivity index (χ3v) is 5.35. The molecule has 2 aliphatic rings. The van der Waals surface area contributed by atoms with E-state index in [9.17, 15) is 14.4 Å². The fraction of sp³-hybridized carbons (Fsp3) is 0.348. The Morgan fingerprint density at radius 3 is 2.57 bits per heavy atom. The monoisotopic (exact) mass is 408 g/mol. The second-order valence-electron chi connectivity index (χ2n) is 7.81. The van der Waals surface area contributed by atoms with Crippen LogP contribution in [0.25, 0.3) is 0 Å².